The van der Waals surface area contributed by atoms with Gasteiger partial charge in [0.2, 0.25) is 5.91 Å². The number of carbonyl (C=O) groups excluding carboxylic acids is 1. The van der Waals surface area contributed by atoms with E-state index in [1.165, 1.54) is 5.69 Å². The Morgan fingerprint density at radius 3 is 2.87 bits per heavy atom. The van der Waals surface area contributed by atoms with Crippen LogP contribution < -0.4 is 5.32 Å². The molecule has 1 fully saturated rings. The fourth-order valence-corrected chi connectivity index (χ4v) is 4.96. The topological polar surface area (TPSA) is 56.2 Å². The quantitative estimate of drug-likeness (QED) is 0.907. The van der Waals surface area contributed by atoms with Crippen LogP contribution in [0.2, 0.25) is 0 Å². The molecule has 0 saturated heterocycles. The van der Waals surface area contributed by atoms with Crippen molar-refractivity contribution in [3.8, 4) is 0 Å². The molecule has 1 aliphatic heterocycles. The highest BCUT2D eigenvalue weighted by molar-refractivity contribution is 5.79. The zero-order valence-electron chi connectivity index (χ0n) is 14.7. The second-order valence-electron chi connectivity index (χ2n) is 7.21. The van der Waals surface area contributed by atoms with Crippen LogP contribution in [0, 0.1) is 17.3 Å². The summed E-state index contributed by atoms with van der Waals surface area (Å²) < 4.78 is 7.88. The van der Waals surface area contributed by atoms with Gasteiger partial charge >= 0.3 is 0 Å². The molecule has 1 N–H and O–H groups in total. The summed E-state index contributed by atoms with van der Waals surface area (Å²) in [4.78, 5) is 17.0. The number of methoxy groups -OCH3 is 1. The fourth-order valence-electron chi connectivity index (χ4n) is 4.96. The molecule has 128 valence electrons. The average molecular weight is 319 g/mol. The van der Waals surface area contributed by atoms with Gasteiger partial charge in [-0.25, -0.2) is 4.98 Å². The minimum Gasteiger partial charge on any atom is -0.380 e. The van der Waals surface area contributed by atoms with E-state index in [2.05, 4.69) is 35.6 Å². The first-order chi connectivity index (χ1) is 11.1. The van der Waals surface area contributed by atoms with E-state index in [-0.39, 0.29) is 29.4 Å². The maximum absolute atomic E-state index is 12.8. The standard InChI is InChI=1S/C18H29N3O2/c1-5-18(6-2)15(12(3)16(18)23-4)20-17(22)13-7-8-21-11-19-10-14(21)9-13/h10-13,15-16H,5-9H2,1-4H3,(H,20,22)/t12-,13-,15-,16-/m1/s1. The van der Waals surface area contributed by atoms with Crippen LogP contribution in [0.1, 0.15) is 45.7 Å². The summed E-state index contributed by atoms with van der Waals surface area (Å²) in [7, 11) is 1.79. The second kappa shape index (κ2) is 6.27. The van der Waals surface area contributed by atoms with Crippen molar-refractivity contribution < 1.29 is 9.53 Å². The molecule has 2 aliphatic rings. The summed E-state index contributed by atoms with van der Waals surface area (Å²) in [5.41, 5.74) is 1.25. The van der Waals surface area contributed by atoms with Crippen LogP contribution in [-0.2, 0) is 22.5 Å². The Hall–Kier alpha value is -1.36. The Balaban J connectivity index is 1.68. The minimum absolute atomic E-state index is 0.0689. The first-order valence-electron chi connectivity index (χ1n) is 8.89. The molecular formula is C18H29N3O2. The normalized spacial score (nSPS) is 32.0. The summed E-state index contributed by atoms with van der Waals surface area (Å²) in [6.07, 6.45) is 7.76. The summed E-state index contributed by atoms with van der Waals surface area (Å²) in [6, 6.07) is 0.224. The Morgan fingerprint density at radius 1 is 1.48 bits per heavy atom. The van der Waals surface area contributed by atoms with E-state index in [0.29, 0.717) is 5.92 Å². The van der Waals surface area contributed by atoms with Crippen LogP contribution >= 0.6 is 0 Å². The van der Waals surface area contributed by atoms with Crippen LogP contribution in [0.15, 0.2) is 12.5 Å². The van der Waals surface area contributed by atoms with Crippen molar-refractivity contribution in [2.45, 2.75) is 65.1 Å². The maximum atomic E-state index is 12.8. The predicted molar refractivity (Wildman–Crippen MR) is 88.9 cm³/mol. The number of amides is 1. The maximum Gasteiger partial charge on any atom is 0.223 e. The Bertz CT molecular complexity index is 564. The van der Waals surface area contributed by atoms with Crippen molar-refractivity contribution >= 4 is 5.91 Å². The molecule has 5 nitrogen and oxygen atoms in total. The summed E-state index contributed by atoms with van der Waals surface area (Å²) in [5, 5.41) is 3.37. The average Bonchev–Trinajstić information content (AvgIpc) is 3.04. The van der Waals surface area contributed by atoms with E-state index in [9.17, 15) is 4.79 Å². The van der Waals surface area contributed by atoms with Crippen molar-refractivity contribution in [1.82, 2.24) is 14.9 Å². The monoisotopic (exact) mass is 319 g/mol. The number of carbonyl (C=O) groups is 1. The SMILES string of the molecule is CCC1(CC)[C@H](NC(=O)[C@@H]2CCn3cncc3C2)[C@@H](C)[C@H]1OC. The van der Waals surface area contributed by atoms with Crippen LogP contribution in [0.25, 0.3) is 0 Å². The molecule has 0 bridgehead atoms. The van der Waals surface area contributed by atoms with Crippen LogP contribution in [-0.4, -0.2) is 34.7 Å². The lowest BCUT2D eigenvalue weighted by Crippen LogP contribution is -2.70. The lowest BCUT2D eigenvalue weighted by atomic mass is 9.53. The number of fused-ring (bicyclic) bond motifs is 1. The number of nitrogens with one attached hydrogen (secondary N) is 1. The predicted octanol–water partition coefficient (Wildman–Crippen LogP) is 2.40. The Kier molecular flexibility index (Phi) is 4.50. The molecule has 0 spiro atoms. The smallest absolute Gasteiger partial charge is 0.223 e. The van der Waals surface area contributed by atoms with Gasteiger partial charge in [0.05, 0.1) is 12.4 Å². The molecule has 1 aromatic rings. The van der Waals surface area contributed by atoms with Gasteiger partial charge in [0.15, 0.2) is 0 Å². The molecule has 0 aromatic carbocycles. The van der Waals surface area contributed by atoms with Gasteiger partial charge in [-0.1, -0.05) is 20.8 Å². The molecule has 1 aromatic heterocycles. The lowest BCUT2D eigenvalue weighted by molar-refractivity contribution is -0.173. The third-order valence-electron chi connectivity index (χ3n) is 6.40. The molecule has 1 amide bonds. The lowest BCUT2D eigenvalue weighted by Gasteiger charge is -2.60. The second-order valence-corrected chi connectivity index (χ2v) is 7.21. The highest BCUT2D eigenvalue weighted by Gasteiger charge is 2.59. The number of ether oxygens (including phenoxy) is 1. The van der Waals surface area contributed by atoms with Gasteiger partial charge in [0.25, 0.3) is 0 Å². The largest absolute Gasteiger partial charge is 0.380 e. The van der Waals surface area contributed by atoms with E-state index in [1.807, 2.05) is 12.5 Å². The van der Waals surface area contributed by atoms with E-state index in [1.54, 1.807) is 7.11 Å². The molecular weight excluding hydrogens is 290 g/mol. The molecule has 1 aliphatic carbocycles. The summed E-state index contributed by atoms with van der Waals surface area (Å²) in [6.45, 7) is 7.50. The van der Waals surface area contributed by atoms with Crippen molar-refractivity contribution in [2.24, 2.45) is 17.3 Å². The highest BCUT2D eigenvalue weighted by atomic mass is 16.5. The third kappa shape index (κ3) is 2.49. The molecule has 3 rings (SSSR count). The summed E-state index contributed by atoms with van der Waals surface area (Å²) in [5.74, 6) is 0.646. The van der Waals surface area contributed by atoms with Gasteiger partial charge in [-0.05, 0) is 19.3 Å². The Morgan fingerprint density at radius 2 is 2.22 bits per heavy atom. The number of aromatic nitrogens is 2. The first-order valence-corrected chi connectivity index (χ1v) is 8.89. The van der Waals surface area contributed by atoms with E-state index < -0.39 is 0 Å². The van der Waals surface area contributed by atoms with Gasteiger partial charge < -0.3 is 14.6 Å². The minimum atomic E-state index is 0.0689. The number of aryl methyl sites for hydroxylation is 1. The van der Waals surface area contributed by atoms with Gasteiger partial charge in [0.1, 0.15) is 0 Å². The van der Waals surface area contributed by atoms with Gasteiger partial charge in [-0.2, -0.15) is 0 Å². The molecule has 2 heterocycles. The number of imidazole rings is 1. The fraction of sp³-hybridized carbons (Fsp3) is 0.778. The van der Waals surface area contributed by atoms with Gasteiger partial charge in [-0.3, -0.25) is 4.79 Å². The van der Waals surface area contributed by atoms with E-state index >= 15 is 0 Å². The van der Waals surface area contributed by atoms with E-state index in [4.69, 9.17) is 4.74 Å². The molecule has 0 radical (unpaired) electrons. The number of hydrogen-bond acceptors (Lipinski definition) is 3. The van der Waals surface area contributed by atoms with Crippen LogP contribution in [0.3, 0.4) is 0 Å². The number of rotatable bonds is 5. The third-order valence-corrected chi connectivity index (χ3v) is 6.40. The molecule has 1 saturated carbocycles. The zero-order chi connectivity index (χ0) is 16.6. The van der Waals surface area contributed by atoms with Crippen molar-refractivity contribution in [2.75, 3.05) is 7.11 Å². The summed E-state index contributed by atoms with van der Waals surface area (Å²) >= 11 is 0. The molecule has 23 heavy (non-hydrogen) atoms. The van der Waals surface area contributed by atoms with Crippen LogP contribution in [0.4, 0.5) is 0 Å². The number of nitrogens with zero attached hydrogens (tertiary/aromatic N) is 2. The van der Waals surface area contributed by atoms with Gasteiger partial charge in [0, 0.05) is 55.3 Å². The van der Waals surface area contributed by atoms with Crippen molar-refractivity contribution in [3.63, 3.8) is 0 Å². The highest BCUT2D eigenvalue weighted by Crippen LogP contribution is 2.52. The van der Waals surface area contributed by atoms with Gasteiger partial charge in [-0.15, -0.1) is 0 Å². The zero-order valence-corrected chi connectivity index (χ0v) is 14.7. The van der Waals surface area contributed by atoms with Crippen molar-refractivity contribution in [3.05, 3.63) is 18.2 Å². The van der Waals surface area contributed by atoms with Crippen molar-refractivity contribution in [1.29, 1.82) is 0 Å². The number of hydrogen-bond donors (Lipinski definition) is 1. The van der Waals surface area contributed by atoms with Crippen LogP contribution in [0.5, 0.6) is 0 Å². The Labute approximate surface area is 138 Å². The molecule has 4 atom stereocenters. The molecule has 0 unspecified atom stereocenters. The first kappa shape index (κ1) is 16.5. The molecule has 5 heteroatoms. The van der Waals surface area contributed by atoms with E-state index in [0.717, 1.165) is 32.2 Å².